The van der Waals surface area contributed by atoms with E-state index in [1.54, 1.807) is 36.1 Å². The van der Waals surface area contributed by atoms with Gasteiger partial charge in [0.05, 0.1) is 17.1 Å². The molecule has 1 fully saturated rings. The largest absolute Gasteiger partial charge is 0.344 e. The van der Waals surface area contributed by atoms with Crippen molar-refractivity contribution >= 4 is 22.3 Å². The Morgan fingerprint density at radius 3 is 2.69 bits per heavy atom. The number of aromatic nitrogens is 5. The van der Waals surface area contributed by atoms with Gasteiger partial charge in [-0.15, -0.1) is 0 Å². The van der Waals surface area contributed by atoms with Gasteiger partial charge in [0.1, 0.15) is 5.56 Å². The molecular formula is C28H26N6O2. The standard InChI is InChI=1S/C28H26N6O2/c1-16-14-19(10-12-29-16)22-7-4-6-20-15-23(34(21-8-9-21)28(36)25(20)22)17(2)31-27(35)24-18(3)32-33-13-5-11-30-26(24)33/h4-7,10-15,17,21H,8-9H2,1-3H3,(H,31,35)/t17-/m0/s1. The van der Waals surface area contributed by atoms with E-state index in [1.807, 2.05) is 54.8 Å². The van der Waals surface area contributed by atoms with Gasteiger partial charge in [-0.2, -0.15) is 5.10 Å². The SMILES string of the molecule is Cc1cc(-c2cccc3cc([C@H](C)NC(=O)c4c(C)nn5cccnc45)n(C4CC4)c(=O)c23)ccn1. The van der Waals surface area contributed by atoms with Crippen LogP contribution in [0.1, 0.15) is 59.3 Å². The lowest BCUT2D eigenvalue weighted by atomic mass is 9.98. The van der Waals surface area contributed by atoms with Gasteiger partial charge in [-0.1, -0.05) is 18.2 Å². The first-order valence-electron chi connectivity index (χ1n) is 12.1. The highest BCUT2D eigenvalue weighted by molar-refractivity contribution is 6.01. The Bertz CT molecular complexity index is 1710. The Labute approximate surface area is 207 Å². The number of amides is 1. The zero-order chi connectivity index (χ0) is 25.0. The number of nitrogens with zero attached hydrogens (tertiary/aromatic N) is 5. The molecular weight excluding hydrogens is 452 g/mol. The van der Waals surface area contributed by atoms with E-state index in [1.165, 1.54) is 0 Å². The number of pyridine rings is 2. The van der Waals surface area contributed by atoms with Crippen LogP contribution in [-0.2, 0) is 0 Å². The summed E-state index contributed by atoms with van der Waals surface area (Å²) in [4.78, 5) is 36.0. The number of hydrogen-bond acceptors (Lipinski definition) is 5. The Hall–Kier alpha value is -4.33. The third-order valence-corrected chi connectivity index (χ3v) is 6.82. The average molecular weight is 479 g/mol. The molecule has 1 amide bonds. The van der Waals surface area contributed by atoms with Crippen molar-refractivity contribution in [1.82, 2.24) is 29.5 Å². The van der Waals surface area contributed by atoms with E-state index in [0.717, 1.165) is 40.7 Å². The van der Waals surface area contributed by atoms with Crippen LogP contribution in [0.5, 0.6) is 0 Å². The minimum Gasteiger partial charge on any atom is -0.344 e. The van der Waals surface area contributed by atoms with Crippen molar-refractivity contribution in [2.75, 3.05) is 0 Å². The second kappa shape index (κ2) is 8.41. The summed E-state index contributed by atoms with van der Waals surface area (Å²) in [5, 5.41) is 9.05. The van der Waals surface area contributed by atoms with E-state index in [4.69, 9.17) is 0 Å². The second-order valence-corrected chi connectivity index (χ2v) is 9.47. The minimum atomic E-state index is -0.389. The lowest BCUT2D eigenvalue weighted by Gasteiger charge is -2.21. The first-order valence-corrected chi connectivity index (χ1v) is 12.1. The molecule has 1 aromatic carbocycles. The molecule has 0 radical (unpaired) electrons. The normalized spacial score (nSPS) is 14.3. The molecule has 4 heterocycles. The van der Waals surface area contributed by atoms with E-state index >= 15 is 0 Å². The van der Waals surface area contributed by atoms with Gasteiger partial charge in [-0.3, -0.25) is 14.6 Å². The van der Waals surface area contributed by atoms with E-state index in [0.29, 0.717) is 22.3 Å². The molecule has 1 aliphatic rings. The van der Waals surface area contributed by atoms with Crippen LogP contribution in [0.3, 0.4) is 0 Å². The molecule has 180 valence electrons. The van der Waals surface area contributed by atoms with Crippen molar-refractivity contribution in [2.45, 2.75) is 45.7 Å². The Morgan fingerprint density at radius 1 is 1.08 bits per heavy atom. The smallest absolute Gasteiger partial charge is 0.259 e. The fourth-order valence-electron chi connectivity index (χ4n) is 5.00. The van der Waals surface area contributed by atoms with Gasteiger partial charge in [-0.25, -0.2) is 9.50 Å². The van der Waals surface area contributed by atoms with E-state index in [9.17, 15) is 9.59 Å². The maximum Gasteiger partial charge on any atom is 0.259 e. The maximum atomic E-state index is 14.0. The maximum absolute atomic E-state index is 14.0. The molecule has 0 spiro atoms. The predicted octanol–water partition coefficient (Wildman–Crippen LogP) is 4.55. The number of carbonyl (C=O) groups excluding carboxylic acids is 1. The number of carbonyl (C=O) groups is 1. The molecule has 1 aliphatic carbocycles. The van der Waals surface area contributed by atoms with Gasteiger partial charge < -0.3 is 9.88 Å². The molecule has 1 N–H and O–H groups in total. The summed E-state index contributed by atoms with van der Waals surface area (Å²) < 4.78 is 3.49. The van der Waals surface area contributed by atoms with Crippen LogP contribution in [0, 0.1) is 13.8 Å². The number of hydrogen-bond donors (Lipinski definition) is 1. The fourth-order valence-corrected chi connectivity index (χ4v) is 5.00. The molecule has 8 nitrogen and oxygen atoms in total. The number of fused-ring (bicyclic) bond motifs is 2. The summed E-state index contributed by atoms with van der Waals surface area (Å²) in [6.45, 7) is 5.66. The summed E-state index contributed by atoms with van der Waals surface area (Å²) in [7, 11) is 0. The van der Waals surface area contributed by atoms with Crippen molar-refractivity contribution in [2.24, 2.45) is 0 Å². The van der Waals surface area contributed by atoms with Crippen LogP contribution in [0.4, 0.5) is 0 Å². The van der Waals surface area contributed by atoms with E-state index < -0.39 is 0 Å². The summed E-state index contributed by atoms with van der Waals surface area (Å²) in [5.74, 6) is -0.260. The summed E-state index contributed by atoms with van der Waals surface area (Å²) in [6, 6.07) is 13.4. The number of rotatable bonds is 5. The molecule has 0 saturated heterocycles. The molecule has 4 aromatic heterocycles. The van der Waals surface area contributed by atoms with Crippen LogP contribution < -0.4 is 10.9 Å². The average Bonchev–Trinajstić information content (AvgIpc) is 3.64. The molecule has 0 bridgehead atoms. The molecule has 0 unspecified atom stereocenters. The fraction of sp³-hybridized carbons (Fsp3) is 0.250. The zero-order valence-electron chi connectivity index (χ0n) is 20.4. The number of nitrogens with one attached hydrogen (secondary N) is 1. The molecule has 0 aliphatic heterocycles. The third-order valence-electron chi connectivity index (χ3n) is 6.82. The Kier molecular flexibility index (Phi) is 5.17. The lowest BCUT2D eigenvalue weighted by molar-refractivity contribution is 0.0939. The Balaban J connectivity index is 1.45. The first kappa shape index (κ1) is 22.2. The topological polar surface area (TPSA) is 94.2 Å². The van der Waals surface area contributed by atoms with Gasteiger partial charge in [0.2, 0.25) is 0 Å². The van der Waals surface area contributed by atoms with Gasteiger partial charge >= 0.3 is 0 Å². The van der Waals surface area contributed by atoms with Crippen LogP contribution in [0.2, 0.25) is 0 Å². The van der Waals surface area contributed by atoms with Crippen LogP contribution in [0.15, 0.2) is 65.8 Å². The minimum absolute atomic E-state index is 0.0232. The summed E-state index contributed by atoms with van der Waals surface area (Å²) in [5.41, 5.74) is 5.10. The molecule has 6 rings (SSSR count). The molecule has 8 heteroatoms. The second-order valence-electron chi connectivity index (χ2n) is 9.47. The third kappa shape index (κ3) is 3.66. The van der Waals surface area contributed by atoms with Crippen molar-refractivity contribution in [3.63, 3.8) is 0 Å². The molecule has 36 heavy (non-hydrogen) atoms. The molecule has 1 saturated carbocycles. The zero-order valence-corrected chi connectivity index (χ0v) is 20.4. The van der Waals surface area contributed by atoms with E-state index in [2.05, 4.69) is 20.4 Å². The lowest BCUT2D eigenvalue weighted by Crippen LogP contribution is -2.32. The highest BCUT2D eigenvalue weighted by atomic mass is 16.2. The van der Waals surface area contributed by atoms with Gasteiger partial charge in [0, 0.05) is 36.0 Å². The van der Waals surface area contributed by atoms with Gasteiger partial charge in [-0.05, 0) is 74.4 Å². The predicted molar refractivity (Wildman–Crippen MR) is 138 cm³/mol. The molecule has 1 atom stereocenters. The van der Waals surface area contributed by atoms with Crippen LogP contribution >= 0.6 is 0 Å². The highest BCUT2D eigenvalue weighted by Gasteiger charge is 2.30. The molecule has 5 aromatic rings. The van der Waals surface area contributed by atoms with Gasteiger partial charge in [0.15, 0.2) is 5.65 Å². The summed E-state index contributed by atoms with van der Waals surface area (Å²) >= 11 is 0. The quantitative estimate of drug-likeness (QED) is 0.400. The van der Waals surface area contributed by atoms with Crippen molar-refractivity contribution in [3.8, 4) is 11.1 Å². The van der Waals surface area contributed by atoms with Crippen molar-refractivity contribution in [1.29, 1.82) is 0 Å². The first-order chi connectivity index (χ1) is 17.4. The summed E-state index contributed by atoms with van der Waals surface area (Å²) in [6.07, 6.45) is 7.09. The monoisotopic (exact) mass is 478 g/mol. The van der Waals surface area contributed by atoms with Crippen molar-refractivity contribution in [3.05, 3.63) is 94.1 Å². The van der Waals surface area contributed by atoms with Crippen LogP contribution in [-0.4, -0.2) is 30.1 Å². The highest BCUT2D eigenvalue weighted by Crippen LogP contribution is 2.38. The number of aryl methyl sites for hydroxylation is 2. The van der Waals surface area contributed by atoms with E-state index in [-0.39, 0.29) is 23.6 Å². The van der Waals surface area contributed by atoms with Crippen LogP contribution in [0.25, 0.3) is 27.5 Å². The number of benzene rings is 1. The van der Waals surface area contributed by atoms with Crippen molar-refractivity contribution < 1.29 is 4.79 Å². The van der Waals surface area contributed by atoms with Gasteiger partial charge in [0.25, 0.3) is 11.5 Å². The Morgan fingerprint density at radius 2 is 1.92 bits per heavy atom.